The lowest BCUT2D eigenvalue weighted by atomic mass is 9.96. The van der Waals surface area contributed by atoms with Crippen molar-refractivity contribution in [1.29, 1.82) is 0 Å². The quantitative estimate of drug-likeness (QED) is 0.633. The predicted molar refractivity (Wildman–Crippen MR) is 105 cm³/mol. The Morgan fingerprint density at radius 3 is 1.85 bits per heavy atom. The molecule has 0 spiro atoms. The lowest BCUT2D eigenvalue weighted by Gasteiger charge is -2.36. The summed E-state index contributed by atoms with van der Waals surface area (Å²) in [5, 5.41) is 11.1. The highest BCUT2D eigenvalue weighted by atomic mass is 19.1. The van der Waals surface area contributed by atoms with Gasteiger partial charge in [-0.2, -0.15) is 0 Å². The molecular weight excluding hydrogens is 337 g/mol. The van der Waals surface area contributed by atoms with Gasteiger partial charge in [-0.25, -0.2) is 4.39 Å². The Kier molecular flexibility index (Phi) is 5.06. The molecule has 138 valence electrons. The van der Waals surface area contributed by atoms with Crippen LogP contribution in [0.25, 0.3) is 0 Å². The van der Waals surface area contributed by atoms with Crippen LogP contribution in [0.1, 0.15) is 35.6 Å². The van der Waals surface area contributed by atoms with E-state index in [1.807, 2.05) is 42.5 Å². The third-order valence-electron chi connectivity index (χ3n) is 5.26. The van der Waals surface area contributed by atoms with Gasteiger partial charge in [-0.05, 0) is 41.7 Å². The number of benzene rings is 3. The van der Waals surface area contributed by atoms with E-state index in [-0.39, 0.29) is 11.9 Å². The molecule has 3 heteroatoms. The minimum absolute atomic E-state index is 0.242. The van der Waals surface area contributed by atoms with Gasteiger partial charge in [0, 0.05) is 13.1 Å². The van der Waals surface area contributed by atoms with Gasteiger partial charge < -0.3 is 5.11 Å². The molecule has 1 fully saturated rings. The predicted octanol–water partition coefficient (Wildman–Crippen LogP) is 5.09. The van der Waals surface area contributed by atoms with Gasteiger partial charge >= 0.3 is 0 Å². The molecule has 3 aromatic rings. The number of hydrogen-bond donors (Lipinski definition) is 1. The number of hydrogen-bond acceptors (Lipinski definition) is 2. The van der Waals surface area contributed by atoms with Crippen LogP contribution in [0.15, 0.2) is 84.9 Å². The van der Waals surface area contributed by atoms with Gasteiger partial charge in [-0.3, -0.25) is 4.90 Å². The maximum atomic E-state index is 14.0. The van der Waals surface area contributed by atoms with Gasteiger partial charge in [0.2, 0.25) is 0 Å². The normalized spacial score (nSPS) is 16.3. The van der Waals surface area contributed by atoms with Crippen LogP contribution in [-0.2, 0) is 13.1 Å². The fourth-order valence-corrected chi connectivity index (χ4v) is 3.81. The summed E-state index contributed by atoms with van der Waals surface area (Å²) in [6.45, 7) is 1.39. The molecule has 1 aliphatic carbocycles. The Labute approximate surface area is 159 Å². The molecule has 1 N–H and O–H groups in total. The molecule has 0 unspecified atom stereocenters. The van der Waals surface area contributed by atoms with Gasteiger partial charge in [0.25, 0.3) is 0 Å². The van der Waals surface area contributed by atoms with E-state index in [1.165, 1.54) is 17.2 Å². The van der Waals surface area contributed by atoms with Gasteiger partial charge in [-0.15, -0.1) is 0 Å². The van der Waals surface area contributed by atoms with Crippen LogP contribution in [0, 0.1) is 5.82 Å². The first kappa shape index (κ1) is 17.9. The molecule has 0 heterocycles. The third kappa shape index (κ3) is 4.26. The fraction of sp³-hybridized carbons (Fsp3) is 0.250. The van der Waals surface area contributed by atoms with Crippen LogP contribution in [-0.4, -0.2) is 15.6 Å². The SMILES string of the molecule is OC1([C@H](c2cccc(F)c2)N(Cc2ccccc2)Cc2ccccc2)CC1. The van der Waals surface area contributed by atoms with Crippen LogP contribution in [0.3, 0.4) is 0 Å². The monoisotopic (exact) mass is 361 g/mol. The minimum Gasteiger partial charge on any atom is -0.388 e. The Balaban J connectivity index is 1.71. The molecule has 0 aromatic heterocycles. The van der Waals surface area contributed by atoms with Crippen molar-refractivity contribution in [2.75, 3.05) is 0 Å². The van der Waals surface area contributed by atoms with E-state index in [4.69, 9.17) is 0 Å². The number of nitrogens with zero attached hydrogens (tertiary/aromatic N) is 1. The van der Waals surface area contributed by atoms with Crippen LogP contribution in [0.2, 0.25) is 0 Å². The van der Waals surface area contributed by atoms with E-state index in [1.54, 1.807) is 12.1 Å². The van der Waals surface area contributed by atoms with Crippen molar-refractivity contribution < 1.29 is 9.50 Å². The summed E-state index contributed by atoms with van der Waals surface area (Å²) in [4.78, 5) is 2.27. The maximum Gasteiger partial charge on any atom is 0.123 e. The van der Waals surface area contributed by atoms with Gasteiger partial charge in [0.15, 0.2) is 0 Å². The smallest absolute Gasteiger partial charge is 0.123 e. The first-order valence-electron chi connectivity index (χ1n) is 9.44. The van der Waals surface area contributed by atoms with Gasteiger partial charge in [-0.1, -0.05) is 72.8 Å². The Hall–Kier alpha value is -2.49. The summed E-state index contributed by atoms with van der Waals surface area (Å²) < 4.78 is 14.0. The zero-order chi connectivity index (χ0) is 18.7. The highest BCUT2D eigenvalue weighted by molar-refractivity contribution is 5.28. The van der Waals surface area contributed by atoms with Crippen molar-refractivity contribution in [3.63, 3.8) is 0 Å². The molecule has 4 rings (SSSR count). The Bertz CT molecular complexity index is 836. The topological polar surface area (TPSA) is 23.5 Å². The van der Waals surface area contributed by atoms with Gasteiger partial charge in [0.05, 0.1) is 11.6 Å². The number of halogens is 1. The van der Waals surface area contributed by atoms with E-state index in [0.29, 0.717) is 13.1 Å². The van der Waals surface area contributed by atoms with Crippen molar-refractivity contribution >= 4 is 0 Å². The molecule has 0 radical (unpaired) electrons. The van der Waals surface area contributed by atoms with Crippen LogP contribution >= 0.6 is 0 Å². The van der Waals surface area contributed by atoms with Crippen molar-refractivity contribution in [2.24, 2.45) is 0 Å². The minimum atomic E-state index is -0.794. The molecule has 0 amide bonds. The van der Waals surface area contributed by atoms with Crippen LogP contribution in [0.4, 0.5) is 4.39 Å². The van der Waals surface area contributed by atoms with Crippen molar-refractivity contribution in [2.45, 2.75) is 37.6 Å². The summed E-state index contributed by atoms with van der Waals surface area (Å²) in [5.74, 6) is -0.263. The maximum absolute atomic E-state index is 14.0. The molecule has 1 aliphatic rings. The zero-order valence-electron chi connectivity index (χ0n) is 15.3. The van der Waals surface area contributed by atoms with E-state index >= 15 is 0 Å². The first-order chi connectivity index (χ1) is 13.1. The van der Waals surface area contributed by atoms with Crippen molar-refractivity contribution in [1.82, 2.24) is 4.90 Å². The molecule has 0 aliphatic heterocycles. The molecule has 1 saturated carbocycles. The van der Waals surface area contributed by atoms with E-state index in [0.717, 1.165) is 18.4 Å². The highest BCUT2D eigenvalue weighted by Crippen LogP contribution is 2.49. The average molecular weight is 361 g/mol. The van der Waals surface area contributed by atoms with Crippen LogP contribution in [0.5, 0.6) is 0 Å². The van der Waals surface area contributed by atoms with E-state index < -0.39 is 5.60 Å². The fourth-order valence-electron chi connectivity index (χ4n) is 3.81. The summed E-state index contributed by atoms with van der Waals surface area (Å²) >= 11 is 0. The Morgan fingerprint density at radius 2 is 1.37 bits per heavy atom. The summed E-state index contributed by atoms with van der Waals surface area (Å²) in [6.07, 6.45) is 1.49. The Morgan fingerprint density at radius 1 is 0.815 bits per heavy atom. The number of rotatable bonds is 7. The average Bonchev–Trinajstić information content (AvgIpc) is 3.41. The van der Waals surface area contributed by atoms with E-state index in [2.05, 4.69) is 29.2 Å². The summed E-state index contributed by atoms with van der Waals surface area (Å²) in [6, 6.07) is 26.9. The summed E-state index contributed by atoms with van der Waals surface area (Å²) in [7, 11) is 0. The lowest BCUT2D eigenvalue weighted by molar-refractivity contribution is 0.0188. The molecule has 27 heavy (non-hydrogen) atoms. The lowest BCUT2D eigenvalue weighted by Crippen LogP contribution is -2.37. The molecule has 0 saturated heterocycles. The first-order valence-corrected chi connectivity index (χ1v) is 9.44. The highest BCUT2D eigenvalue weighted by Gasteiger charge is 2.50. The van der Waals surface area contributed by atoms with Crippen molar-refractivity contribution in [3.8, 4) is 0 Å². The standard InChI is InChI=1S/C24H24FNO/c25-22-13-7-12-21(16-22)23(24(27)14-15-24)26(17-19-8-3-1-4-9-19)18-20-10-5-2-6-11-20/h1-13,16,23,27H,14-15,17-18H2/t23-/m0/s1. The van der Waals surface area contributed by atoms with E-state index in [9.17, 15) is 9.50 Å². The number of aliphatic hydroxyl groups is 1. The zero-order valence-corrected chi connectivity index (χ0v) is 15.3. The second kappa shape index (κ2) is 7.63. The molecule has 0 bridgehead atoms. The van der Waals surface area contributed by atoms with Gasteiger partial charge in [0.1, 0.15) is 5.82 Å². The molecule has 1 atom stereocenters. The molecular formula is C24H24FNO. The third-order valence-corrected chi connectivity index (χ3v) is 5.26. The second-order valence-corrected chi connectivity index (χ2v) is 7.44. The van der Waals surface area contributed by atoms with Crippen LogP contribution < -0.4 is 0 Å². The summed E-state index contributed by atoms with van der Waals surface area (Å²) in [5.41, 5.74) is 2.40. The largest absolute Gasteiger partial charge is 0.388 e. The second-order valence-electron chi connectivity index (χ2n) is 7.44. The molecule has 3 aromatic carbocycles. The van der Waals surface area contributed by atoms with Crippen molar-refractivity contribution in [3.05, 3.63) is 107 Å². The molecule has 2 nitrogen and oxygen atoms in total.